The van der Waals surface area contributed by atoms with Crippen molar-refractivity contribution in [1.29, 1.82) is 0 Å². The summed E-state index contributed by atoms with van der Waals surface area (Å²) < 4.78 is 5.48. The molecule has 2 aliphatic rings. The predicted molar refractivity (Wildman–Crippen MR) is 47.3 cm³/mol. The molecule has 3 unspecified atom stereocenters. The molecule has 0 aromatic carbocycles. The van der Waals surface area contributed by atoms with Crippen molar-refractivity contribution in [3.8, 4) is 0 Å². The highest BCUT2D eigenvalue weighted by molar-refractivity contribution is 5.89. The molecule has 3 nitrogen and oxygen atoms in total. The second-order valence-corrected chi connectivity index (χ2v) is 4.76. The lowest BCUT2D eigenvalue weighted by atomic mass is 9.73. The zero-order chi connectivity index (χ0) is 9.64. The Morgan fingerprint density at radius 2 is 2.15 bits per heavy atom. The summed E-state index contributed by atoms with van der Waals surface area (Å²) >= 11 is 0. The van der Waals surface area contributed by atoms with Gasteiger partial charge in [-0.15, -0.1) is 0 Å². The third-order valence-electron chi connectivity index (χ3n) is 3.16. The Labute approximate surface area is 78.1 Å². The van der Waals surface area contributed by atoms with Gasteiger partial charge in [0.05, 0.1) is 12.2 Å². The van der Waals surface area contributed by atoms with Gasteiger partial charge in [-0.1, -0.05) is 13.8 Å². The van der Waals surface area contributed by atoms with Crippen LogP contribution in [0.3, 0.4) is 0 Å². The summed E-state index contributed by atoms with van der Waals surface area (Å²) in [5.41, 5.74) is -0.311. The Morgan fingerprint density at radius 3 is 2.85 bits per heavy atom. The average molecular weight is 184 g/mol. The molecule has 2 fully saturated rings. The summed E-state index contributed by atoms with van der Waals surface area (Å²) in [6.45, 7) is 3.88. The fourth-order valence-corrected chi connectivity index (χ4v) is 2.29. The van der Waals surface area contributed by atoms with E-state index in [1.807, 2.05) is 13.8 Å². The van der Waals surface area contributed by atoms with E-state index in [0.29, 0.717) is 19.3 Å². The number of ketones is 1. The van der Waals surface area contributed by atoms with E-state index in [1.54, 1.807) is 0 Å². The number of hydrogen-bond donors (Lipinski definition) is 1. The molecule has 2 rings (SSSR count). The average Bonchev–Trinajstić information content (AvgIpc) is 2.06. The lowest BCUT2D eigenvalue weighted by Gasteiger charge is -2.44. The Bertz CT molecular complexity index is 234. The molecule has 1 N–H and O–H groups in total. The van der Waals surface area contributed by atoms with Gasteiger partial charge in [0.25, 0.3) is 0 Å². The Morgan fingerprint density at radius 1 is 1.46 bits per heavy atom. The van der Waals surface area contributed by atoms with Gasteiger partial charge in [0.2, 0.25) is 0 Å². The van der Waals surface area contributed by atoms with Gasteiger partial charge in [-0.25, -0.2) is 0 Å². The molecule has 3 atom stereocenters. The third-order valence-corrected chi connectivity index (χ3v) is 3.16. The zero-order valence-corrected chi connectivity index (χ0v) is 8.12. The molecule has 0 aromatic heterocycles. The maximum absolute atomic E-state index is 11.8. The highest BCUT2D eigenvalue weighted by Gasteiger charge is 2.47. The molecule has 2 heterocycles. The third kappa shape index (κ3) is 1.40. The molecule has 13 heavy (non-hydrogen) atoms. The molecular weight excluding hydrogens is 168 g/mol. The lowest BCUT2D eigenvalue weighted by molar-refractivity contribution is -0.183. The summed E-state index contributed by atoms with van der Waals surface area (Å²) in [6.07, 6.45) is 1.30. The van der Waals surface area contributed by atoms with E-state index in [0.717, 1.165) is 0 Å². The molecule has 2 saturated heterocycles. The first-order valence-corrected chi connectivity index (χ1v) is 4.88. The van der Waals surface area contributed by atoms with Crippen LogP contribution in [-0.4, -0.2) is 29.2 Å². The van der Waals surface area contributed by atoms with Crippen LogP contribution < -0.4 is 0 Å². The van der Waals surface area contributed by atoms with Crippen LogP contribution in [0.2, 0.25) is 0 Å². The number of ether oxygens (including phenoxy) is 1. The van der Waals surface area contributed by atoms with Crippen molar-refractivity contribution in [2.75, 3.05) is 0 Å². The van der Waals surface area contributed by atoms with Crippen LogP contribution in [0.15, 0.2) is 0 Å². The molecule has 0 amide bonds. The van der Waals surface area contributed by atoms with E-state index < -0.39 is 0 Å². The van der Waals surface area contributed by atoms with Crippen molar-refractivity contribution in [2.24, 2.45) is 5.41 Å². The van der Waals surface area contributed by atoms with Crippen molar-refractivity contribution in [3.63, 3.8) is 0 Å². The number of carbonyl (C=O) groups excluding carboxylic acids is 1. The molecular formula is C10H16O3. The van der Waals surface area contributed by atoms with Crippen molar-refractivity contribution < 1.29 is 14.6 Å². The van der Waals surface area contributed by atoms with Crippen LogP contribution in [0.5, 0.6) is 0 Å². The van der Waals surface area contributed by atoms with E-state index in [2.05, 4.69) is 0 Å². The van der Waals surface area contributed by atoms with Gasteiger partial charge >= 0.3 is 0 Å². The van der Waals surface area contributed by atoms with E-state index in [1.165, 1.54) is 0 Å². The van der Waals surface area contributed by atoms with Gasteiger partial charge in [-0.05, 0) is 19.3 Å². The number of Topliss-reactive ketones (excluding diaryl/α,β-unsaturated/α-hetero) is 1. The summed E-state index contributed by atoms with van der Waals surface area (Å²) in [5, 5.41) is 9.60. The van der Waals surface area contributed by atoms with Crippen molar-refractivity contribution in [1.82, 2.24) is 0 Å². The predicted octanol–water partition coefficient (Wildman–Crippen LogP) is 0.894. The number of fused-ring (bicyclic) bond motifs is 2. The SMILES string of the molecule is CC1(C)CC2OC(CCC2O)C1=O. The minimum atomic E-state index is -0.372. The summed E-state index contributed by atoms with van der Waals surface area (Å²) in [5.74, 6) is 0.204. The zero-order valence-electron chi connectivity index (χ0n) is 8.12. The smallest absolute Gasteiger partial charge is 0.167 e. The van der Waals surface area contributed by atoms with Crippen LogP contribution >= 0.6 is 0 Å². The Kier molecular flexibility index (Phi) is 1.96. The number of aliphatic hydroxyl groups is 1. The van der Waals surface area contributed by atoms with Gasteiger partial charge < -0.3 is 9.84 Å². The van der Waals surface area contributed by atoms with Gasteiger partial charge in [0.15, 0.2) is 5.78 Å². The number of rotatable bonds is 0. The highest BCUT2D eigenvalue weighted by Crippen LogP contribution is 2.39. The molecule has 0 radical (unpaired) electrons. The second kappa shape index (κ2) is 2.79. The van der Waals surface area contributed by atoms with Gasteiger partial charge in [-0.3, -0.25) is 4.79 Å². The van der Waals surface area contributed by atoms with Crippen LogP contribution in [0.25, 0.3) is 0 Å². The van der Waals surface area contributed by atoms with Crippen LogP contribution in [0.4, 0.5) is 0 Å². The van der Waals surface area contributed by atoms with E-state index >= 15 is 0 Å². The maximum atomic E-state index is 11.8. The minimum absolute atomic E-state index is 0.119. The lowest BCUT2D eigenvalue weighted by Crippen LogP contribution is -2.53. The van der Waals surface area contributed by atoms with Gasteiger partial charge in [0.1, 0.15) is 6.10 Å². The highest BCUT2D eigenvalue weighted by atomic mass is 16.5. The first-order valence-electron chi connectivity index (χ1n) is 4.88. The Hall–Kier alpha value is -0.410. The van der Waals surface area contributed by atoms with E-state index in [-0.39, 0.29) is 29.5 Å². The second-order valence-electron chi connectivity index (χ2n) is 4.76. The molecule has 3 heteroatoms. The first-order chi connectivity index (χ1) is 6.00. The molecule has 0 saturated carbocycles. The topological polar surface area (TPSA) is 46.5 Å². The number of hydrogen-bond acceptors (Lipinski definition) is 3. The standard InChI is InChI=1S/C10H16O3/c1-10(2)5-8-6(11)3-4-7(13-8)9(10)12/h6-8,11H,3-5H2,1-2H3. The molecule has 74 valence electrons. The van der Waals surface area contributed by atoms with E-state index in [4.69, 9.17) is 4.74 Å². The van der Waals surface area contributed by atoms with Crippen molar-refractivity contribution in [2.45, 2.75) is 51.4 Å². The molecule has 2 bridgehead atoms. The Balaban J connectivity index is 2.21. The summed E-state index contributed by atoms with van der Waals surface area (Å²) in [6, 6.07) is 0. The van der Waals surface area contributed by atoms with Crippen LogP contribution in [-0.2, 0) is 9.53 Å². The normalized spacial score (nSPS) is 43.3. The van der Waals surface area contributed by atoms with Crippen LogP contribution in [0.1, 0.15) is 33.1 Å². The van der Waals surface area contributed by atoms with Gasteiger partial charge in [-0.2, -0.15) is 0 Å². The summed E-state index contributed by atoms with van der Waals surface area (Å²) in [7, 11) is 0. The minimum Gasteiger partial charge on any atom is -0.390 e. The molecule has 0 aliphatic carbocycles. The largest absolute Gasteiger partial charge is 0.390 e. The fourth-order valence-electron chi connectivity index (χ4n) is 2.29. The van der Waals surface area contributed by atoms with Crippen LogP contribution in [0, 0.1) is 5.41 Å². The fraction of sp³-hybridized carbons (Fsp3) is 0.900. The first kappa shape index (κ1) is 9.16. The molecule has 2 aliphatic heterocycles. The monoisotopic (exact) mass is 184 g/mol. The number of aliphatic hydroxyl groups excluding tert-OH is 1. The van der Waals surface area contributed by atoms with Crippen molar-refractivity contribution >= 4 is 5.78 Å². The quantitative estimate of drug-likeness (QED) is 0.608. The van der Waals surface area contributed by atoms with Gasteiger partial charge in [0, 0.05) is 5.41 Å². The molecule has 0 spiro atoms. The molecule has 0 aromatic rings. The van der Waals surface area contributed by atoms with E-state index in [9.17, 15) is 9.90 Å². The number of carbonyl (C=O) groups is 1. The maximum Gasteiger partial charge on any atom is 0.167 e. The van der Waals surface area contributed by atoms with Crippen molar-refractivity contribution in [3.05, 3.63) is 0 Å². The summed E-state index contributed by atoms with van der Waals surface area (Å²) in [4.78, 5) is 11.8.